The molecule has 0 spiro atoms. The Kier molecular flexibility index (Phi) is 2.81. The Bertz CT molecular complexity index is 606. The molecule has 5 heteroatoms. The molecule has 2 N–H and O–H groups in total. The second-order valence-electron chi connectivity index (χ2n) is 4.72. The molecule has 0 unspecified atom stereocenters. The van der Waals surface area contributed by atoms with Gasteiger partial charge in [0.2, 0.25) is 0 Å². The standard InChI is InChI=1S/C14H14FN3O/c1-16-13-7-12(8-2-3-8)17-14(18-13)9-4-10(15)6-11(19)5-9/h4-8,19H,2-3H2,1H3,(H,16,17,18). The first kappa shape index (κ1) is 11.9. The first-order valence-electron chi connectivity index (χ1n) is 6.22. The summed E-state index contributed by atoms with van der Waals surface area (Å²) in [6.07, 6.45) is 2.27. The molecular weight excluding hydrogens is 245 g/mol. The topological polar surface area (TPSA) is 58.0 Å². The van der Waals surface area contributed by atoms with Crippen LogP contribution in [-0.4, -0.2) is 22.1 Å². The van der Waals surface area contributed by atoms with Crippen molar-refractivity contribution in [2.45, 2.75) is 18.8 Å². The van der Waals surface area contributed by atoms with Gasteiger partial charge in [-0.15, -0.1) is 0 Å². The fourth-order valence-electron chi connectivity index (χ4n) is 2.01. The molecule has 0 atom stereocenters. The van der Waals surface area contributed by atoms with Crippen LogP contribution in [-0.2, 0) is 0 Å². The van der Waals surface area contributed by atoms with Crippen LogP contribution in [0.15, 0.2) is 24.3 Å². The molecule has 1 aliphatic carbocycles. The van der Waals surface area contributed by atoms with Crippen molar-refractivity contribution in [3.05, 3.63) is 35.8 Å². The molecule has 4 nitrogen and oxygen atoms in total. The van der Waals surface area contributed by atoms with Crippen LogP contribution in [0.25, 0.3) is 11.4 Å². The molecule has 1 aromatic carbocycles. The van der Waals surface area contributed by atoms with E-state index in [2.05, 4.69) is 15.3 Å². The number of nitrogens with one attached hydrogen (secondary N) is 1. The second kappa shape index (κ2) is 4.50. The van der Waals surface area contributed by atoms with Crippen molar-refractivity contribution in [2.75, 3.05) is 12.4 Å². The van der Waals surface area contributed by atoms with E-state index < -0.39 is 5.82 Å². The van der Waals surface area contributed by atoms with Crippen LogP contribution in [0.5, 0.6) is 5.75 Å². The largest absolute Gasteiger partial charge is 0.508 e. The molecule has 0 amide bonds. The van der Waals surface area contributed by atoms with Crippen molar-refractivity contribution < 1.29 is 9.50 Å². The van der Waals surface area contributed by atoms with Crippen LogP contribution < -0.4 is 5.32 Å². The molecule has 1 aliphatic rings. The average Bonchev–Trinajstić information content (AvgIpc) is 3.21. The van der Waals surface area contributed by atoms with Crippen molar-refractivity contribution in [3.63, 3.8) is 0 Å². The summed E-state index contributed by atoms with van der Waals surface area (Å²) in [4.78, 5) is 8.78. The van der Waals surface area contributed by atoms with Gasteiger partial charge < -0.3 is 10.4 Å². The van der Waals surface area contributed by atoms with Crippen molar-refractivity contribution in [1.29, 1.82) is 0 Å². The molecule has 1 saturated carbocycles. The predicted molar refractivity (Wildman–Crippen MR) is 70.6 cm³/mol. The van der Waals surface area contributed by atoms with E-state index in [0.717, 1.165) is 24.6 Å². The van der Waals surface area contributed by atoms with Crippen LogP contribution in [0, 0.1) is 5.82 Å². The van der Waals surface area contributed by atoms with Crippen molar-refractivity contribution in [2.24, 2.45) is 0 Å². The van der Waals surface area contributed by atoms with Crippen LogP contribution >= 0.6 is 0 Å². The van der Waals surface area contributed by atoms with Gasteiger partial charge >= 0.3 is 0 Å². The molecule has 98 valence electrons. The number of nitrogens with zero attached hydrogens (tertiary/aromatic N) is 2. The number of rotatable bonds is 3. The third kappa shape index (κ3) is 2.50. The first-order chi connectivity index (χ1) is 9.15. The summed E-state index contributed by atoms with van der Waals surface area (Å²) in [5, 5.41) is 12.4. The van der Waals surface area contributed by atoms with E-state index in [1.165, 1.54) is 12.1 Å². The third-order valence-corrected chi connectivity index (χ3v) is 3.14. The lowest BCUT2D eigenvalue weighted by atomic mass is 10.1. The zero-order valence-electron chi connectivity index (χ0n) is 10.5. The van der Waals surface area contributed by atoms with Gasteiger partial charge in [0.15, 0.2) is 5.82 Å². The molecular formula is C14H14FN3O. The van der Waals surface area contributed by atoms with Crippen molar-refractivity contribution in [3.8, 4) is 17.1 Å². The van der Waals surface area contributed by atoms with Gasteiger partial charge in [0, 0.05) is 36.4 Å². The van der Waals surface area contributed by atoms with Gasteiger partial charge in [0.25, 0.3) is 0 Å². The molecule has 3 rings (SSSR count). The van der Waals surface area contributed by atoms with E-state index in [1.54, 1.807) is 7.05 Å². The molecule has 0 radical (unpaired) electrons. The summed E-state index contributed by atoms with van der Waals surface area (Å²) in [5.74, 6) is 0.998. The summed E-state index contributed by atoms with van der Waals surface area (Å²) in [6.45, 7) is 0. The summed E-state index contributed by atoms with van der Waals surface area (Å²) in [6, 6.07) is 5.77. The second-order valence-corrected chi connectivity index (χ2v) is 4.72. The molecule has 0 aliphatic heterocycles. The molecule has 2 aromatic rings. The lowest BCUT2D eigenvalue weighted by molar-refractivity contribution is 0.469. The van der Waals surface area contributed by atoms with Crippen LogP contribution in [0.4, 0.5) is 10.2 Å². The maximum Gasteiger partial charge on any atom is 0.162 e. The number of phenolic OH excluding ortho intramolecular Hbond substituents is 1. The molecule has 0 saturated heterocycles. The third-order valence-electron chi connectivity index (χ3n) is 3.14. The SMILES string of the molecule is CNc1cc(C2CC2)nc(-c2cc(O)cc(F)c2)n1. The van der Waals surface area contributed by atoms with Crippen LogP contribution in [0.2, 0.25) is 0 Å². The highest BCUT2D eigenvalue weighted by atomic mass is 19.1. The van der Waals surface area contributed by atoms with E-state index in [9.17, 15) is 9.50 Å². The Labute approximate surface area is 110 Å². The number of phenols is 1. The normalized spacial score (nSPS) is 14.4. The number of aromatic nitrogens is 2. The lowest BCUT2D eigenvalue weighted by Crippen LogP contribution is -2.00. The van der Waals surface area contributed by atoms with Gasteiger partial charge in [0.1, 0.15) is 17.4 Å². The minimum Gasteiger partial charge on any atom is -0.508 e. The minimum atomic E-state index is -0.499. The van der Waals surface area contributed by atoms with Gasteiger partial charge in [-0.2, -0.15) is 0 Å². The van der Waals surface area contributed by atoms with Crippen LogP contribution in [0.3, 0.4) is 0 Å². The Morgan fingerprint density at radius 1 is 1.21 bits per heavy atom. The van der Waals surface area contributed by atoms with Crippen LogP contribution in [0.1, 0.15) is 24.5 Å². The van der Waals surface area contributed by atoms with E-state index in [-0.39, 0.29) is 5.75 Å². The van der Waals surface area contributed by atoms with E-state index >= 15 is 0 Å². The van der Waals surface area contributed by atoms with Gasteiger partial charge in [-0.1, -0.05) is 0 Å². The number of hydrogen-bond donors (Lipinski definition) is 2. The van der Waals surface area contributed by atoms with Crippen molar-refractivity contribution >= 4 is 5.82 Å². The highest BCUT2D eigenvalue weighted by Crippen LogP contribution is 2.40. The quantitative estimate of drug-likeness (QED) is 0.889. The average molecular weight is 259 g/mol. The monoisotopic (exact) mass is 259 g/mol. The Hall–Kier alpha value is -2.17. The molecule has 1 heterocycles. The number of aromatic hydroxyl groups is 1. The maximum atomic E-state index is 13.3. The Balaban J connectivity index is 2.09. The highest BCUT2D eigenvalue weighted by molar-refractivity contribution is 5.60. The summed E-state index contributed by atoms with van der Waals surface area (Å²) in [7, 11) is 1.78. The molecule has 1 fully saturated rings. The van der Waals surface area contributed by atoms with Gasteiger partial charge in [-0.3, -0.25) is 0 Å². The fourth-order valence-corrected chi connectivity index (χ4v) is 2.01. The molecule has 1 aromatic heterocycles. The van der Waals surface area contributed by atoms with E-state index in [4.69, 9.17) is 0 Å². The van der Waals surface area contributed by atoms with Gasteiger partial charge in [0.05, 0.1) is 0 Å². The number of anilines is 1. The number of hydrogen-bond acceptors (Lipinski definition) is 4. The maximum absolute atomic E-state index is 13.3. The number of halogens is 1. The lowest BCUT2D eigenvalue weighted by Gasteiger charge is -2.08. The minimum absolute atomic E-state index is 0.124. The summed E-state index contributed by atoms with van der Waals surface area (Å²) >= 11 is 0. The summed E-state index contributed by atoms with van der Waals surface area (Å²) < 4.78 is 13.3. The smallest absolute Gasteiger partial charge is 0.162 e. The fraction of sp³-hybridized carbons (Fsp3) is 0.286. The van der Waals surface area contributed by atoms with Gasteiger partial charge in [-0.05, 0) is 25.0 Å². The Morgan fingerprint density at radius 2 is 2.00 bits per heavy atom. The van der Waals surface area contributed by atoms with E-state index in [1.807, 2.05) is 6.07 Å². The zero-order chi connectivity index (χ0) is 13.4. The Morgan fingerprint density at radius 3 is 2.63 bits per heavy atom. The van der Waals surface area contributed by atoms with Crippen molar-refractivity contribution in [1.82, 2.24) is 9.97 Å². The predicted octanol–water partition coefficient (Wildman–Crippen LogP) is 2.91. The number of benzene rings is 1. The summed E-state index contributed by atoms with van der Waals surface area (Å²) in [5.41, 5.74) is 1.45. The van der Waals surface area contributed by atoms with Gasteiger partial charge in [-0.25, -0.2) is 14.4 Å². The highest BCUT2D eigenvalue weighted by Gasteiger charge is 2.26. The first-order valence-corrected chi connectivity index (χ1v) is 6.22. The molecule has 19 heavy (non-hydrogen) atoms. The molecule has 0 bridgehead atoms. The zero-order valence-corrected chi connectivity index (χ0v) is 10.5. The van der Waals surface area contributed by atoms with E-state index in [0.29, 0.717) is 23.1 Å².